The first kappa shape index (κ1) is 20.1. The third-order valence-electron chi connectivity index (χ3n) is 5.34. The molecule has 0 heterocycles. The lowest BCUT2D eigenvalue weighted by Gasteiger charge is -2.25. The van der Waals surface area contributed by atoms with Crippen molar-refractivity contribution in [1.82, 2.24) is 5.32 Å². The van der Waals surface area contributed by atoms with Crippen LogP contribution >= 0.6 is 0 Å². The smallest absolute Gasteiger partial charge is 0.241 e. The molecule has 0 aromatic heterocycles. The number of anilines is 1. The van der Waals surface area contributed by atoms with Gasteiger partial charge in [0.15, 0.2) is 0 Å². The van der Waals surface area contributed by atoms with Gasteiger partial charge in [-0.1, -0.05) is 18.6 Å². The number of halogens is 1. The molecule has 1 aliphatic carbocycles. The lowest BCUT2D eigenvalue weighted by molar-refractivity contribution is -0.118. The van der Waals surface area contributed by atoms with E-state index in [0.717, 1.165) is 24.8 Å². The van der Waals surface area contributed by atoms with Crippen LogP contribution in [0.3, 0.4) is 0 Å². The number of methoxy groups -OCH3 is 2. The average Bonchev–Trinajstić information content (AvgIpc) is 3.16. The van der Waals surface area contributed by atoms with E-state index in [1.165, 1.54) is 12.1 Å². The maximum atomic E-state index is 13.2. The molecule has 150 valence electrons. The molecule has 2 N–H and O–H groups in total. The fraction of sp³-hybridized carbons (Fsp3) is 0.409. The molecular formula is C22H27FN2O3. The highest BCUT2D eigenvalue weighted by molar-refractivity contribution is 5.96. The highest BCUT2D eigenvalue weighted by atomic mass is 19.1. The molecule has 0 radical (unpaired) electrons. The minimum atomic E-state index is -0.387. The number of benzene rings is 2. The van der Waals surface area contributed by atoms with Crippen molar-refractivity contribution >= 4 is 11.6 Å². The monoisotopic (exact) mass is 386 g/mol. The molecule has 0 aliphatic heterocycles. The molecule has 6 heteroatoms. The van der Waals surface area contributed by atoms with Crippen LogP contribution in [0.2, 0.25) is 0 Å². The summed E-state index contributed by atoms with van der Waals surface area (Å²) in [6.07, 6.45) is 3.10. The topological polar surface area (TPSA) is 59.6 Å². The molecule has 0 saturated heterocycles. The minimum Gasteiger partial charge on any atom is -0.497 e. The van der Waals surface area contributed by atoms with Crippen molar-refractivity contribution in [3.05, 3.63) is 53.8 Å². The predicted octanol–water partition coefficient (Wildman–Crippen LogP) is 4.10. The van der Waals surface area contributed by atoms with Gasteiger partial charge in [-0.2, -0.15) is 0 Å². The normalized spacial score (nSPS) is 19.9. The fourth-order valence-electron chi connectivity index (χ4n) is 3.82. The molecule has 3 atom stereocenters. The zero-order chi connectivity index (χ0) is 20.1. The first-order valence-electron chi connectivity index (χ1n) is 9.56. The fourth-order valence-corrected chi connectivity index (χ4v) is 3.82. The molecule has 3 rings (SSSR count). The van der Waals surface area contributed by atoms with Crippen LogP contribution in [0.1, 0.15) is 37.7 Å². The molecule has 0 bridgehead atoms. The van der Waals surface area contributed by atoms with Gasteiger partial charge in [-0.3, -0.25) is 4.79 Å². The largest absolute Gasteiger partial charge is 0.497 e. The molecule has 28 heavy (non-hydrogen) atoms. The van der Waals surface area contributed by atoms with Crippen LogP contribution in [0, 0.1) is 5.82 Å². The van der Waals surface area contributed by atoms with Crippen LogP contribution in [0.15, 0.2) is 42.5 Å². The highest BCUT2D eigenvalue weighted by Gasteiger charge is 2.31. The summed E-state index contributed by atoms with van der Waals surface area (Å²) in [7, 11) is 3.14. The first-order chi connectivity index (χ1) is 13.5. The Bertz CT molecular complexity index is 810. The molecule has 5 nitrogen and oxygen atoms in total. The van der Waals surface area contributed by atoms with Crippen molar-refractivity contribution in [2.45, 2.75) is 44.2 Å². The van der Waals surface area contributed by atoms with Crippen molar-refractivity contribution in [3.63, 3.8) is 0 Å². The summed E-state index contributed by atoms with van der Waals surface area (Å²) in [6.45, 7) is 1.85. The van der Waals surface area contributed by atoms with Gasteiger partial charge in [-0.15, -0.1) is 0 Å². The second-order valence-electron chi connectivity index (χ2n) is 7.14. The molecule has 1 amide bonds. The summed E-state index contributed by atoms with van der Waals surface area (Å²) in [5, 5.41) is 6.37. The molecule has 2 aromatic rings. The third-order valence-corrected chi connectivity index (χ3v) is 5.34. The van der Waals surface area contributed by atoms with Gasteiger partial charge in [0, 0.05) is 12.1 Å². The number of hydrogen-bond donors (Lipinski definition) is 2. The van der Waals surface area contributed by atoms with E-state index in [1.807, 2.05) is 19.1 Å². The van der Waals surface area contributed by atoms with E-state index < -0.39 is 0 Å². The number of amides is 1. The molecule has 1 aliphatic rings. The zero-order valence-electron chi connectivity index (χ0n) is 16.5. The molecule has 0 unspecified atom stereocenters. The van der Waals surface area contributed by atoms with Gasteiger partial charge in [0.25, 0.3) is 0 Å². The Morgan fingerprint density at radius 2 is 1.86 bits per heavy atom. The van der Waals surface area contributed by atoms with E-state index in [-0.39, 0.29) is 29.7 Å². The Morgan fingerprint density at radius 3 is 2.54 bits per heavy atom. The predicted molar refractivity (Wildman–Crippen MR) is 108 cm³/mol. The molecule has 1 fully saturated rings. The Balaban J connectivity index is 1.66. The standard InChI is InChI=1S/C22H27FN2O3/c1-14(22(26)25-20-13-17(27-2)11-12-21(20)28-3)24-19-6-4-5-18(19)15-7-9-16(23)10-8-15/h7-14,18-19,24H,4-6H2,1-3H3,(H,25,26)/t14-,18-,19-/m0/s1. The summed E-state index contributed by atoms with van der Waals surface area (Å²) >= 11 is 0. The highest BCUT2D eigenvalue weighted by Crippen LogP contribution is 2.35. The van der Waals surface area contributed by atoms with Crippen molar-refractivity contribution in [3.8, 4) is 11.5 Å². The Kier molecular flexibility index (Phi) is 6.52. The van der Waals surface area contributed by atoms with E-state index in [0.29, 0.717) is 17.2 Å². The van der Waals surface area contributed by atoms with Crippen LogP contribution < -0.4 is 20.1 Å². The number of nitrogens with one attached hydrogen (secondary N) is 2. The second-order valence-corrected chi connectivity index (χ2v) is 7.14. The zero-order valence-corrected chi connectivity index (χ0v) is 16.5. The van der Waals surface area contributed by atoms with E-state index in [1.54, 1.807) is 32.4 Å². The Hall–Kier alpha value is -2.60. The number of ether oxygens (including phenoxy) is 2. The number of hydrogen-bond acceptors (Lipinski definition) is 4. The van der Waals surface area contributed by atoms with E-state index >= 15 is 0 Å². The molecule has 2 aromatic carbocycles. The van der Waals surface area contributed by atoms with Gasteiger partial charge in [0.2, 0.25) is 5.91 Å². The molecule has 0 spiro atoms. The maximum Gasteiger partial charge on any atom is 0.241 e. The van der Waals surface area contributed by atoms with Gasteiger partial charge in [0.05, 0.1) is 25.9 Å². The number of rotatable bonds is 7. The average molecular weight is 386 g/mol. The van der Waals surface area contributed by atoms with Crippen molar-refractivity contribution in [2.75, 3.05) is 19.5 Å². The van der Waals surface area contributed by atoms with Gasteiger partial charge in [0.1, 0.15) is 17.3 Å². The summed E-state index contributed by atoms with van der Waals surface area (Å²) in [5.41, 5.74) is 1.68. The van der Waals surface area contributed by atoms with Crippen LogP contribution in [-0.2, 0) is 4.79 Å². The van der Waals surface area contributed by atoms with Crippen molar-refractivity contribution in [1.29, 1.82) is 0 Å². The van der Waals surface area contributed by atoms with Crippen LogP contribution in [0.5, 0.6) is 11.5 Å². The second kappa shape index (κ2) is 9.06. The maximum absolute atomic E-state index is 13.2. The lowest BCUT2D eigenvalue weighted by Crippen LogP contribution is -2.44. The van der Waals surface area contributed by atoms with Gasteiger partial charge < -0.3 is 20.1 Å². The SMILES string of the molecule is COc1ccc(OC)c(NC(=O)[C@H](C)N[C@H]2CCC[C@H]2c2ccc(F)cc2)c1. The van der Waals surface area contributed by atoms with Crippen LogP contribution in [0.25, 0.3) is 0 Å². The van der Waals surface area contributed by atoms with E-state index in [9.17, 15) is 9.18 Å². The third kappa shape index (κ3) is 4.62. The summed E-state index contributed by atoms with van der Waals surface area (Å²) in [5.74, 6) is 1.13. The minimum absolute atomic E-state index is 0.142. The van der Waals surface area contributed by atoms with Gasteiger partial charge >= 0.3 is 0 Å². The number of carbonyl (C=O) groups excluding carboxylic acids is 1. The molecular weight excluding hydrogens is 359 g/mol. The summed E-state index contributed by atoms with van der Waals surface area (Å²) in [4.78, 5) is 12.7. The Morgan fingerprint density at radius 1 is 1.11 bits per heavy atom. The molecule has 1 saturated carbocycles. The first-order valence-corrected chi connectivity index (χ1v) is 9.56. The van der Waals surface area contributed by atoms with E-state index in [4.69, 9.17) is 9.47 Å². The van der Waals surface area contributed by atoms with Crippen LogP contribution in [-0.4, -0.2) is 32.2 Å². The van der Waals surface area contributed by atoms with E-state index in [2.05, 4.69) is 10.6 Å². The quantitative estimate of drug-likeness (QED) is 0.752. The van der Waals surface area contributed by atoms with Gasteiger partial charge in [-0.05, 0) is 55.5 Å². The van der Waals surface area contributed by atoms with Crippen molar-refractivity contribution < 1.29 is 18.7 Å². The lowest BCUT2D eigenvalue weighted by atomic mass is 9.93. The van der Waals surface area contributed by atoms with Gasteiger partial charge in [-0.25, -0.2) is 4.39 Å². The van der Waals surface area contributed by atoms with Crippen molar-refractivity contribution in [2.24, 2.45) is 0 Å². The summed E-state index contributed by atoms with van der Waals surface area (Å²) < 4.78 is 23.8. The van der Waals surface area contributed by atoms with Crippen LogP contribution in [0.4, 0.5) is 10.1 Å². The summed E-state index contributed by atoms with van der Waals surface area (Å²) in [6, 6.07) is 11.7. The number of carbonyl (C=O) groups is 1. The Labute approximate surface area is 165 Å².